The van der Waals surface area contributed by atoms with E-state index in [0.717, 1.165) is 0 Å². The average Bonchev–Trinajstić information content (AvgIpc) is 2.11. The molecule has 0 heterocycles. The molecule has 0 rings (SSSR count). The topological polar surface area (TPSA) is 52.6 Å². The van der Waals surface area contributed by atoms with Gasteiger partial charge in [0.25, 0.3) is 0 Å². The number of aliphatic hydroxyl groups excluding tert-OH is 1. The summed E-state index contributed by atoms with van der Waals surface area (Å²) in [6.07, 6.45) is -0.407. The molecule has 90 valence electrons. The minimum Gasteiger partial charge on any atom is -0.392 e. The third kappa shape index (κ3) is 6.47. The lowest BCUT2D eigenvalue weighted by molar-refractivity contribution is -0.125. The van der Waals surface area contributed by atoms with Crippen LogP contribution >= 0.6 is 0 Å². The van der Waals surface area contributed by atoms with E-state index in [1.165, 1.54) is 0 Å². The second-order valence-corrected chi connectivity index (χ2v) is 4.60. The van der Waals surface area contributed by atoms with Crippen molar-refractivity contribution in [3.05, 3.63) is 0 Å². The number of hydrogen-bond acceptors (Lipinski definition) is 3. The molecule has 2 unspecified atom stereocenters. The molecular weight excluding hydrogens is 192 g/mol. The number of aliphatic hydroxyl groups is 1. The van der Waals surface area contributed by atoms with Gasteiger partial charge in [0.05, 0.1) is 12.1 Å². The average molecular weight is 216 g/mol. The summed E-state index contributed by atoms with van der Waals surface area (Å²) in [6, 6.07) is -0.196. The van der Waals surface area contributed by atoms with Crippen molar-refractivity contribution in [1.82, 2.24) is 10.2 Å². The molecule has 0 spiro atoms. The van der Waals surface area contributed by atoms with Gasteiger partial charge < -0.3 is 10.4 Å². The summed E-state index contributed by atoms with van der Waals surface area (Å²) in [5, 5.41) is 12.1. The highest BCUT2D eigenvalue weighted by Crippen LogP contribution is 1.98. The van der Waals surface area contributed by atoms with Crippen LogP contribution in [0.3, 0.4) is 0 Å². The second-order valence-electron chi connectivity index (χ2n) is 4.60. The Kier molecular flexibility index (Phi) is 6.52. The summed E-state index contributed by atoms with van der Waals surface area (Å²) in [5.41, 5.74) is 0. The molecule has 0 aromatic carbocycles. The van der Waals surface area contributed by atoms with Crippen molar-refractivity contribution in [2.24, 2.45) is 5.92 Å². The number of carbonyl (C=O) groups is 1. The van der Waals surface area contributed by atoms with Crippen LogP contribution in [0.2, 0.25) is 0 Å². The van der Waals surface area contributed by atoms with Crippen molar-refractivity contribution in [2.45, 2.75) is 39.8 Å². The maximum absolute atomic E-state index is 11.6. The van der Waals surface area contributed by atoms with Crippen LogP contribution in [-0.4, -0.2) is 48.2 Å². The fourth-order valence-corrected chi connectivity index (χ4v) is 1.23. The van der Waals surface area contributed by atoms with E-state index < -0.39 is 6.10 Å². The predicted octanol–water partition coefficient (Wildman–Crippen LogP) is 0.460. The molecule has 0 fully saturated rings. The van der Waals surface area contributed by atoms with Gasteiger partial charge in [0.15, 0.2) is 0 Å². The van der Waals surface area contributed by atoms with Gasteiger partial charge in [-0.1, -0.05) is 13.8 Å². The van der Waals surface area contributed by atoms with E-state index in [-0.39, 0.29) is 11.9 Å². The van der Waals surface area contributed by atoms with Gasteiger partial charge in [-0.2, -0.15) is 0 Å². The van der Waals surface area contributed by atoms with Crippen LogP contribution in [0.25, 0.3) is 0 Å². The number of nitrogens with zero attached hydrogens (tertiary/aromatic N) is 1. The summed E-state index contributed by atoms with van der Waals surface area (Å²) >= 11 is 0. The SMILES string of the molecule is CC(C)CNC(=O)C(C)N(C)CC(C)O. The van der Waals surface area contributed by atoms with Crippen molar-refractivity contribution in [2.75, 3.05) is 20.1 Å². The van der Waals surface area contributed by atoms with Crippen LogP contribution in [0.5, 0.6) is 0 Å². The Morgan fingerprint density at radius 1 is 1.33 bits per heavy atom. The van der Waals surface area contributed by atoms with Crippen LogP contribution in [0.15, 0.2) is 0 Å². The molecule has 2 atom stereocenters. The van der Waals surface area contributed by atoms with Crippen LogP contribution in [0, 0.1) is 5.92 Å². The van der Waals surface area contributed by atoms with E-state index in [0.29, 0.717) is 19.0 Å². The summed E-state index contributed by atoms with van der Waals surface area (Å²) in [6.45, 7) is 8.89. The lowest BCUT2D eigenvalue weighted by atomic mass is 10.2. The van der Waals surface area contributed by atoms with E-state index in [2.05, 4.69) is 19.2 Å². The van der Waals surface area contributed by atoms with Gasteiger partial charge in [-0.25, -0.2) is 0 Å². The van der Waals surface area contributed by atoms with Crippen LogP contribution in [0.1, 0.15) is 27.7 Å². The van der Waals surface area contributed by atoms with E-state index in [1.54, 1.807) is 6.92 Å². The normalized spacial score (nSPS) is 15.5. The van der Waals surface area contributed by atoms with E-state index in [1.807, 2.05) is 18.9 Å². The molecule has 1 amide bonds. The third-order valence-corrected chi connectivity index (χ3v) is 2.28. The van der Waals surface area contributed by atoms with E-state index >= 15 is 0 Å². The van der Waals surface area contributed by atoms with Gasteiger partial charge in [0, 0.05) is 13.1 Å². The quantitative estimate of drug-likeness (QED) is 0.678. The number of nitrogens with one attached hydrogen (secondary N) is 1. The minimum atomic E-state index is -0.407. The fraction of sp³-hybridized carbons (Fsp3) is 0.909. The smallest absolute Gasteiger partial charge is 0.237 e. The maximum Gasteiger partial charge on any atom is 0.237 e. The molecule has 0 aliphatic heterocycles. The number of rotatable bonds is 6. The highest BCUT2D eigenvalue weighted by Gasteiger charge is 2.18. The Morgan fingerprint density at radius 2 is 1.87 bits per heavy atom. The minimum absolute atomic E-state index is 0.0202. The first kappa shape index (κ1) is 14.4. The highest BCUT2D eigenvalue weighted by molar-refractivity contribution is 5.81. The lowest BCUT2D eigenvalue weighted by Crippen LogP contribution is -2.46. The number of likely N-dealkylation sites (N-methyl/N-ethyl adjacent to an activating group) is 1. The van der Waals surface area contributed by atoms with Crippen molar-refractivity contribution in [1.29, 1.82) is 0 Å². The molecule has 0 radical (unpaired) electrons. The molecule has 0 aliphatic carbocycles. The first-order valence-electron chi connectivity index (χ1n) is 5.50. The highest BCUT2D eigenvalue weighted by atomic mass is 16.3. The molecular formula is C11H24N2O2. The molecule has 0 bridgehead atoms. The summed E-state index contributed by atoms with van der Waals surface area (Å²) < 4.78 is 0. The Hall–Kier alpha value is -0.610. The first-order chi connectivity index (χ1) is 6.84. The van der Waals surface area contributed by atoms with Crippen LogP contribution in [-0.2, 0) is 4.79 Å². The maximum atomic E-state index is 11.6. The molecule has 4 nitrogen and oxygen atoms in total. The molecule has 0 aliphatic rings. The molecule has 15 heavy (non-hydrogen) atoms. The van der Waals surface area contributed by atoms with Crippen molar-refractivity contribution in [3.8, 4) is 0 Å². The van der Waals surface area contributed by atoms with Crippen molar-refractivity contribution in [3.63, 3.8) is 0 Å². The number of amides is 1. The predicted molar refractivity (Wildman–Crippen MR) is 61.6 cm³/mol. The summed E-state index contributed by atoms with van der Waals surface area (Å²) in [7, 11) is 1.84. The van der Waals surface area contributed by atoms with Crippen LogP contribution in [0.4, 0.5) is 0 Å². The number of carbonyl (C=O) groups excluding carboxylic acids is 1. The second kappa shape index (κ2) is 6.80. The van der Waals surface area contributed by atoms with E-state index in [4.69, 9.17) is 0 Å². The molecule has 0 aromatic rings. The zero-order chi connectivity index (χ0) is 12.0. The van der Waals surface area contributed by atoms with Crippen molar-refractivity contribution < 1.29 is 9.90 Å². The van der Waals surface area contributed by atoms with Crippen LogP contribution < -0.4 is 5.32 Å². The molecule has 0 aromatic heterocycles. The summed E-state index contributed by atoms with van der Waals surface area (Å²) in [4.78, 5) is 13.5. The van der Waals surface area contributed by atoms with Gasteiger partial charge in [-0.3, -0.25) is 9.69 Å². The largest absolute Gasteiger partial charge is 0.392 e. The van der Waals surface area contributed by atoms with E-state index in [9.17, 15) is 9.90 Å². The molecule has 4 heteroatoms. The van der Waals surface area contributed by atoms with Gasteiger partial charge in [-0.05, 0) is 26.8 Å². The molecule has 0 saturated carbocycles. The fourth-order valence-electron chi connectivity index (χ4n) is 1.23. The van der Waals surface area contributed by atoms with Crippen molar-refractivity contribution >= 4 is 5.91 Å². The standard InChI is InChI=1S/C11H24N2O2/c1-8(2)6-12-11(15)10(4)13(5)7-9(3)14/h8-10,14H,6-7H2,1-5H3,(H,12,15). The monoisotopic (exact) mass is 216 g/mol. The lowest BCUT2D eigenvalue weighted by Gasteiger charge is -2.25. The molecule has 2 N–H and O–H groups in total. The van der Waals surface area contributed by atoms with Gasteiger partial charge in [-0.15, -0.1) is 0 Å². The Bertz CT molecular complexity index is 193. The zero-order valence-corrected chi connectivity index (χ0v) is 10.4. The first-order valence-corrected chi connectivity index (χ1v) is 5.50. The Labute approximate surface area is 92.7 Å². The summed E-state index contributed by atoms with van der Waals surface area (Å²) in [5.74, 6) is 0.482. The zero-order valence-electron chi connectivity index (χ0n) is 10.4. The Balaban J connectivity index is 3.96. The van der Waals surface area contributed by atoms with Gasteiger partial charge in [0.1, 0.15) is 0 Å². The third-order valence-electron chi connectivity index (χ3n) is 2.28. The van der Waals surface area contributed by atoms with Gasteiger partial charge in [0.2, 0.25) is 5.91 Å². The number of hydrogen-bond donors (Lipinski definition) is 2. The molecule has 0 saturated heterocycles. The van der Waals surface area contributed by atoms with Gasteiger partial charge >= 0.3 is 0 Å². The Morgan fingerprint density at radius 3 is 2.27 bits per heavy atom.